The molecule has 8 heteroatoms. The number of rotatable bonds is 4. The highest BCUT2D eigenvalue weighted by Crippen LogP contribution is 2.20. The maximum absolute atomic E-state index is 12.1. The van der Waals surface area contributed by atoms with Gasteiger partial charge in [-0.2, -0.15) is 5.26 Å². The third kappa shape index (κ3) is 3.69. The van der Waals surface area contributed by atoms with Crippen LogP contribution in [0.2, 0.25) is 5.02 Å². The van der Waals surface area contributed by atoms with Gasteiger partial charge in [0.2, 0.25) is 10.0 Å². The fourth-order valence-electron chi connectivity index (χ4n) is 1.80. The maximum Gasteiger partial charge on any atom is 0.240 e. The van der Waals surface area contributed by atoms with Crippen LogP contribution in [0.25, 0.3) is 0 Å². The van der Waals surface area contributed by atoms with E-state index in [2.05, 4.69) is 10.0 Å². The molecule has 0 radical (unpaired) electrons. The summed E-state index contributed by atoms with van der Waals surface area (Å²) in [5.74, 6) is 0. The summed E-state index contributed by atoms with van der Waals surface area (Å²) in [6.07, 6.45) is 0. The van der Waals surface area contributed by atoms with Crippen LogP contribution in [0.3, 0.4) is 0 Å². The molecule has 1 aromatic carbocycles. The Bertz CT molecular complexity index is 621. The number of nitrogens with zero attached hydrogens (tertiary/aromatic N) is 1. The Morgan fingerprint density at radius 2 is 2.35 bits per heavy atom. The zero-order valence-electron chi connectivity index (χ0n) is 10.6. The molecule has 0 saturated carbocycles. The Morgan fingerprint density at radius 3 is 2.95 bits per heavy atom. The number of hydrogen-bond acceptors (Lipinski definition) is 5. The van der Waals surface area contributed by atoms with Gasteiger partial charge in [0.25, 0.3) is 0 Å². The second-order valence-electron chi connectivity index (χ2n) is 4.33. The van der Waals surface area contributed by atoms with Gasteiger partial charge in [-0.05, 0) is 18.2 Å². The van der Waals surface area contributed by atoms with Gasteiger partial charge >= 0.3 is 0 Å². The number of benzene rings is 1. The predicted octanol–water partition coefficient (Wildman–Crippen LogP) is 0.478. The molecule has 1 atom stereocenters. The molecule has 20 heavy (non-hydrogen) atoms. The Kier molecular flexibility index (Phi) is 4.96. The SMILES string of the molecule is N#Cc1ccc(S(=O)(=O)NCC2COCCN2)cc1Cl. The van der Waals surface area contributed by atoms with E-state index in [1.165, 1.54) is 18.2 Å². The van der Waals surface area contributed by atoms with E-state index in [0.29, 0.717) is 19.8 Å². The van der Waals surface area contributed by atoms with E-state index in [1.54, 1.807) is 0 Å². The van der Waals surface area contributed by atoms with Crippen LogP contribution in [0, 0.1) is 11.3 Å². The number of nitriles is 1. The fraction of sp³-hybridized carbons (Fsp3) is 0.417. The first-order valence-corrected chi connectivity index (χ1v) is 7.89. The summed E-state index contributed by atoms with van der Waals surface area (Å²) >= 11 is 5.84. The van der Waals surface area contributed by atoms with Crippen molar-refractivity contribution in [2.75, 3.05) is 26.3 Å². The third-order valence-corrected chi connectivity index (χ3v) is 4.62. The highest BCUT2D eigenvalue weighted by Gasteiger charge is 2.19. The molecule has 1 fully saturated rings. The molecule has 1 unspecified atom stereocenters. The Labute approximate surface area is 122 Å². The van der Waals surface area contributed by atoms with Crippen LogP contribution in [0.4, 0.5) is 0 Å². The van der Waals surface area contributed by atoms with E-state index in [4.69, 9.17) is 21.6 Å². The summed E-state index contributed by atoms with van der Waals surface area (Å²) in [4.78, 5) is 0.0400. The minimum atomic E-state index is -3.65. The van der Waals surface area contributed by atoms with Gasteiger partial charge in [-0.1, -0.05) is 11.6 Å². The summed E-state index contributed by atoms with van der Waals surface area (Å²) in [7, 11) is -3.65. The minimum Gasteiger partial charge on any atom is -0.378 e. The molecule has 2 N–H and O–H groups in total. The molecule has 1 aromatic rings. The van der Waals surface area contributed by atoms with E-state index in [-0.39, 0.29) is 28.1 Å². The van der Waals surface area contributed by atoms with Crippen LogP contribution in [0.1, 0.15) is 5.56 Å². The standard InChI is InChI=1S/C12H14ClN3O3S/c13-12-5-11(2-1-9(12)6-14)20(17,18)16-7-10-8-19-4-3-15-10/h1-2,5,10,15-16H,3-4,7-8H2. The van der Waals surface area contributed by atoms with Crippen LogP contribution < -0.4 is 10.0 Å². The molecule has 0 spiro atoms. The van der Waals surface area contributed by atoms with Gasteiger partial charge in [-0.3, -0.25) is 0 Å². The van der Waals surface area contributed by atoms with Gasteiger partial charge in [0.05, 0.1) is 28.7 Å². The lowest BCUT2D eigenvalue weighted by atomic mass is 10.2. The van der Waals surface area contributed by atoms with Gasteiger partial charge < -0.3 is 10.1 Å². The number of sulfonamides is 1. The van der Waals surface area contributed by atoms with Crippen LogP contribution in [0.5, 0.6) is 0 Å². The summed E-state index contributed by atoms with van der Waals surface area (Å²) in [6.45, 7) is 2.04. The fourth-order valence-corrected chi connectivity index (χ4v) is 3.19. The largest absolute Gasteiger partial charge is 0.378 e. The van der Waals surface area contributed by atoms with Crippen LogP contribution in [-0.2, 0) is 14.8 Å². The van der Waals surface area contributed by atoms with E-state index in [1.807, 2.05) is 6.07 Å². The van der Waals surface area contributed by atoms with Crippen LogP contribution >= 0.6 is 11.6 Å². The van der Waals surface area contributed by atoms with E-state index in [9.17, 15) is 8.42 Å². The summed E-state index contributed by atoms with van der Waals surface area (Å²) in [6, 6.07) is 5.85. The van der Waals surface area contributed by atoms with Crippen molar-refractivity contribution < 1.29 is 13.2 Å². The number of morpholine rings is 1. The van der Waals surface area contributed by atoms with Crippen molar-refractivity contribution in [1.29, 1.82) is 5.26 Å². The van der Waals surface area contributed by atoms with Crippen molar-refractivity contribution in [1.82, 2.24) is 10.0 Å². The lowest BCUT2D eigenvalue weighted by Crippen LogP contribution is -2.48. The molecular formula is C12H14ClN3O3S. The molecule has 0 bridgehead atoms. The smallest absolute Gasteiger partial charge is 0.240 e. The topological polar surface area (TPSA) is 91.2 Å². The van der Waals surface area contributed by atoms with E-state index >= 15 is 0 Å². The van der Waals surface area contributed by atoms with Crippen molar-refractivity contribution in [3.8, 4) is 6.07 Å². The van der Waals surface area contributed by atoms with Gasteiger partial charge in [0.1, 0.15) is 6.07 Å². The molecule has 0 aromatic heterocycles. The number of ether oxygens (including phenoxy) is 1. The highest BCUT2D eigenvalue weighted by atomic mass is 35.5. The Balaban J connectivity index is 2.06. The van der Waals surface area contributed by atoms with Gasteiger partial charge in [0.15, 0.2) is 0 Å². The predicted molar refractivity (Wildman–Crippen MR) is 74.0 cm³/mol. The summed E-state index contributed by atoms with van der Waals surface area (Å²) in [5, 5.41) is 12.0. The molecule has 1 saturated heterocycles. The third-order valence-electron chi connectivity index (χ3n) is 2.89. The Morgan fingerprint density at radius 1 is 1.55 bits per heavy atom. The van der Waals surface area contributed by atoms with Gasteiger partial charge in [-0.25, -0.2) is 13.1 Å². The van der Waals surface area contributed by atoms with Crippen LogP contribution in [0.15, 0.2) is 23.1 Å². The monoisotopic (exact) mass is 315 g/mol. The van der Waals surface area contributed by atoms with Gasteiger partial charge in [0, 0.05) is 19.1 Å². The zero-order valence-corrected chi connectivity index (χ0v) is 12.2. The summed E-state index contributed by atoms with van der Waals surface area (Å²) in [5.41, 5.74) is 0.243. The average Bonchev–Trinajstić information content (AvgIpc) is 2.46. The van der Waals surface area contributed by atoms with Crippen molar-refractivity contribution in [2.24, 2.45) is 0 Å². The molecule has 108 valence electrons. The molecule has 1 heterocycles. The van der Waals surface area contributed by atoms with Crippen molar-refractivity contribution >= 4 is 21.6 Å². The summed E-state index contributed by atoms with van der Waals surface area (Å²) < 4.78 is 32.0. The number of halogens is 1. The normalized spacial score (nSPS) is 19.5. The lowest BCUT2D eigenvalue weighted by molar-refractivity contribution is 0.0784. The van der Waals surface area contributed by atoms with E-state index in [0.717, 1.165) is 0 Å². The molecule has 6 nitrogen and oxygen atoms in total. The number of hydrogen-bond donors (Lipinski definition) is 2. The van der Waals surface area contributed by atoms with Crippen molar-refractivity contribution in [3.05, 3.63) is 28.8 Å². The van der Waals surface area contributed by atoms with Gasteiger partial charge in [-0.15, -0.1) is 0 Å². The molecule has 0 amide bonds. The molecule has 0 aliphatic carbocycles. The zero-order chi connectivity index (χ0) is 14.6. The quantitative estimate of drug-likeness (QED) is 0.843. The first kappa shape index (κ1) is 15.2. The maximum atomic E-state index is 12.1. The average molecular weight is 316 g/mol. The van der Waals surface area contributed by atoms with Crippen molar-refractivity contribution in [2.45, 2.75) is 10.9 Å². The molecular weight excluding hydrogens is 302 g/mol. The molecule has 1 aliphatic rings. The molecule has 1 aliphatic heterocycles. The second-order valence-corrected chi connectivity index (χ2v) is 6.51. The highest BCUT2D eigenvalue weighted by molar-refractivity contribution is 7.89. The first-order valence-electron chi connectivity index (χ1n) is 6.03. The number of nitrogens with one attached hydrogen (secondary N) is 2. The van der Waals surface area contributed by atoms with Crippen molar-refractivity contribution in [3.63, 3.8) is 0 Å². The second kappa shape index (κ2) is 6.52. The van der Waals surface area contributed by atoms with E-state index < -0.39 is 10.0 Å². The lowest BCUT2D eigenvalue weighted by Gasteiger charge is -2.23. The van der Waals surface area contributed by atoms with Crippen LogP contribution in [-0.4, -0.2) is 40.8 Å². The minimum absolute atomic E-state index is 0.0400. The molecule has 2 rings (SSSR count). The Hall–Kier alpha value is -1.17. The first-order chi connectivity index (χ1) is 9.53.